The Bertz CT molecular complexity index is 604. The zero-order valence-electron chi connectivity index (χ0n) is 9.33. The van der Waals surface area contributed by atoms with E-state index in [4.69, 9.17) is 16.3 Å². The fourth-order valence-electron chi connectivity index (χ4n) is 1.31. The highest BCUT2D eigenvalue weighted by molar-refractivity contribution is 6.29. The molecule has 0 aliphatic heterocycles. The first-order chi connectivity index (χ1) is 8.58. The largest absolute Gasteiger partial charge is 0.432 e. The Morgan fingerprint density at radius 2 is 2.17 bits per heavy atom. The summed E-state index contributed by atoms with van der Waals surface area (Å²) < 4.78 is 5.38. The number of rotatable bonds is 3. The molecule has 2 rings (SSSR count). The van der Waals surface area contributed by atoms with E-state index < -0.39 is 4.92 Å². The predicted octanol–water partition coefficient (Wildman–Crippen LogP) is 3.14. The monoisotopic (exact) mass is 265 g/mol. The van der Waals surface area contributed by atoms with Gasteiger partial charge in [-0.1, -0.05) is 11.6 Å². The van der Waals surface area contributed by atoms with Crippen molar-refractivity contribution in [2.75, 3.05) is 0 Å². The van der Waals surface area contributed by atoms with E-state index in [1.54, 1.807) is 25.3 Å². The molecule has 0 unspecified atom stereocenters. The number of ether oxygens (including phenoxy) is 1. The maximum absolute atomic E-state index is 10.8. The van der Waals surface area contributed by atoms with Crippen molar-refractivity contribution in [3.05, 3.63) is 51.4 Å². The molecule has 0 aromatic carbocycles. The molecular formula is C11H8ClN3O3. The third-order valence-electron chi connectivity index (χ3n) is 2.17. The summed E-state index contributed by atoms with van der Waals surface area (Å²) in [4.78, 5) is 18.1. The highest BCUT2D eigenvalue weighted by atomic mass is 35.5. The van der Waals surface area contributed by atoms with Gasteiger partial charge in [-0.05, 0) is 25.1 Å². The van der Waals surface area contributed by atoms with Crippen molar-refractivity contribution in [1.29, 1.82) is 0 Å². The Kier molecular flexibility index (Phi) is 3.38. The number of hydrogen-bond donors (Lipinski definition) is 0. The molecule has 0 N–H and O–H groups in total. The summed E-state index contributed by atoms with van der Waals surface area (Å²) >= 11 is 5.70. The van der Waals surface area contributed by atoms with Crippen molar-refractivity contribution < 1.29 is 9.66 Å². The van der Waals surface area contributed by atoms with Gasteiger partial charge in [-0.25, -0.2) is 0 Å². The summed E-state index contributed by atoms with van der Waals surface area (Å²) in [5.74, 6) is 0.249. The highest BCUT2D eigenvalue weighted by Crippen LogP contribution is 2.31. The van der Waals surface area contributed by atoms with Crippen molar-refractivity contribution in [2.45, 2.75) is 6.92 Å². The van der Waals surface area contributed by atoms with Gasteiger partial charge in [-0.3, -0.25) is 15.1 Å². The van der Waals surface area contributed by atoms with E-state index in [1.165, 1.54) is 12.1 Å². The standard InChI is InChI=1S/C11H8ClN3O3/c1-7-9(3-2-6-13-7)18-11-8(15(16)17)4-5-10(12)14-11/h2-6H,1H3. The lowest BCUT2D eigenvalue weighted by Crippen LogP contribution is -1.97. The fraction of sp³-hybridized carbons (Fsp3) is 0.0909. The van der Waals surface area contributed by atoms with Crippen LogP contribution in [-0.4, -0.2) is 14.9 Å². The van der Waals surface area contributed by atoms with Gasteiger partial charge in [-0.15, -0.1) is 0 Å². The lowest BCUT2D eigenvalue weighted by atomic mass is 10.3. The maximum Gasteiger partial charge on any atom is 0.331 e. The summed E-state index contributed by atoms with van der Waals surface area (Å²) in [5.41, 5.74) is 0.358. The lowest BCUT2D eigenvalue weighted by Gasteiger charge is -2.07. The van der Waals surface area contributed by atoms with Gasteiger partial charge in [0, 0.05) is 12.3 Å². The Morgan fingerprint density at radius 1 is 1.39 bits per heavy atom. The molecule has 0 radical (unpaired) electrons. The zero-order chi connectivity index (χ0) is 13.1. The van der Waals surface area contributed by atoms with Gasteiger partial charge in [-0.2, -0.15) is 4.98 Å². The van der Waals surface area contributed by atoms with Crippen LogP contribution in [0.25, 0.3) is 0 Å². The summed E-state index contributed by atoms with van der Waals surface area (Å²) in [6.07, 6.45) is 1.60. The normalized spacial score (nSPS) is 10.1. The molecule has 0 spiro atoms. The molecule has 2 aromatic heterocycles. The van der Waals surface area contributed by atoms with Crippen LogP contribution in [0.1, 0.15) is 5.69 Å². The minimum Gasteiger partial charge on any atom is -0.432 e. The molecule has 0 aliphatic carbocycles. The molecular weight excluding hydrogens is 258 g/mol. The number of hydrogen-bond acceptors (Lipinski definition) is 5. The molecule has 0 bridgehead atoms. The van der Waals surface area contributed by atoms with Crippen molar-refractivity contribution in [3.63, 3.8) is 0 Å². The first kappa shape index (κ1) is 12.3. The van der Waals surface area contributed by atoms with Gasteiger partial charge in [0.1, 0.15) is 5.15 Å². The molecule has 6 nitrogen and oxygen atoms in total. The number of halogens is 1. The molecule has 2 heterocycles. The molecule has 7 heteroatoms. The average Bonchev–Trinajstić information content (AvgIpc) is 2.32. The van der Waals surface area contributed by atoms with Gasteiger partial charge in [0.25, 0.3) is 0 Å². The number of pyridine rings is 2. The van der Waals surface area contributed by atoms with E-state index in [9.17, 15) is 10.1 Å². The molecule has 0 atom stereocenters. The first-order valence-electron chi connectivity index (χ1n) is 4.98. The number of nitrogens with zero attached hydrogens (tertiary/aromatic N) is 3. The van der Waals surface area contributed by atoms with Crippen molar-refractivity contribution in [2.24, 2.45) is 0 Å². The van der Waals surface area contributed by atoms with E-state index in [2.05, 4.69) is 9.97 Å². The molecule has 92 valence electrons. The van der Waals surface area contributed by atoms with Crippen molar-refractivity contribution >= 4 is 17.3 Å². The Hall–Kier alpha value is -2.21. The van der Waals surface area contributed by atoms with Gasteiger partial charge in [0.2, 0.25) is 0 Å². The van der Waals surface area contributed by atoms with Gasteiger partial charge in [0.05, 0.1) is 10.6 Å². The fourth-order valence-corrected chi connectivity index (χ4v) is 1.45. The third-order valence-corrected chi connectivity index (χ3v) is 2.38. The molecule has 0 amide bonds. The Balaban J connectivity index is 2.42. The summed E-state index contributed by atoms with van der Waals surface area (Å²) in [6.45, 7) is 1.73. The lowest BCUT2D eigenvalue weighted by molar-refractivity contribution is -0.386. The predicted molar refractivity (Wildman–Crippen MR) is 64.9 cm³/mol. The van der Waals surface area contributed by atoms with Crippen LogP contribution in [-0.2, 0) is 0 Å². The Morgan fingerprint density at radius 3 is 2.83 bits per heavy atom. The van der Waals surface area contributed by atoms with E-state index in [-0.39, 0.29) is 16.7 Å². The second-order valence-corrected chi connectivity index (χ2v) is 3.79. The quantitative estimate of drug-likeness (QED) is 0.484. The van der Waals surface area contributed by atoms with Crippen LogP contribution in [0, 0.1) is 17.0 Å². The molecule has 0 aliphatic rings. The van der Waals surface area contributed by atoms with Crippen LogP contribution in [0.2, 0.25) is 5.15 Å². The van der Waals surface area contributed by atoms with E-state index in [0.29, 0.717) is 11.4 Å². The maximum atomic E-state index is 10.8. The minimum absolute atomic E-state index is 0.122. The Labute approximate surface area is 107 Å². The summed E-state index contributed by atoms with van der Waals surface area (Å²) in [6, 6.07) is 5.90. The molecule has 18 heavy (non-hydrogen) atoms. The third kappa shape index (κ3) is 2.54. The highest BCUT2D eigenvalue weighted by Gasteiger charge is 2.18. The zero-order valence-corrected chi connectivity index (χ0v) is 10.1. The van der Waals surface area contributed by atoms with Crippen LogP contribution >= 0.6 is 11.6 Å². The minimum atomic E-state index is -0.579. The van der Waals surface area contributed by atoms with E-state index in [0.717, 1.165) is 0 Å². The first-order valence-corrected chi connectivity index (χ1v) is 5.36. The van der Waals surface area contributed by atoms with Crippen molar-refractivity contribution in [1.82, 2.24) is 9.97 Å². The van der Waals surface area contributed by atoms with Crippen LogP contribution in [0.4, 0.5) is 5.69 Å². The SMILES string of the molecule is Cc1ncccc1Oc1nc(Cl)ccc1[N+](=O)[O-]. The smallest absolute Gasteiger partial charge is 0.331 e. The van der Waals surface area contributed by atoms with Crippen LogP contribution in [0.5, 0.6) is 11.6 Å². The summed E-state index contributed by atoms with van der Waals surface area (Å²) in [7, 11) is 0. The summed E-state index contributed by atoms with van der Waals surface area (Å²) in [5, 5.41) is 11.0. The van der Waals surface area contributed by atoms with Gasteiger partial charge >= 0.3 is 11.6 Å². The van der Waals surface area contributed by atoms with Crippen LogP contribution < -0.4 is 4.74 Å². The second kappa shape index (κ2) is 4.97. The van der Waals surface area contributed by atoms with Gasteiger partial charge in [0.15, 0.2) is 5.75 Å². The van der Waals surface area contributed by atoms with E-state index >= 15 is 0 Å². The number of aromatic nitrogens is 2. The second-order valence-electron chi connectivity index (χ2n) is 3.40. The average molecular weight is 266 g/mol. The molecule has 0 saturated heterocycles. The molecule has 2 aromatic rings. The number of nitro groups is 1. The van der Waals surface area contributed by atoms with Crippen molar-refractivity contribution in [3.8, 4) is 11.6 Å². The molecule has 0 saturated carbocycles. The number of aryl methyl sites for hydroxylation is 1. The van der Waals surface area contributed by atoms with Crippen LogP contribution in [0.15, 0.2) is 30.5 Å². The molecule has 0 fully saturated rings. The van der Waals surface area contributed by atoms with E-state index in [1.807, 2.05) is 0 Å². The van der Waals surface area contributed by atoms with Crippen LogP contribution in [0.3, 0.4) is 0 Å². The van der Waals surface area contributed by atoms with Gasteiger partial charge < -0.3 is 4.74 Å². The topological polar surface area (TPSA) is 78.2 Å².